The van der Waals surface area contributed by atoms with E-state index in [4.69, 9.17) is 10.5 Å². The number of carbonyl (C=O) groups is 1. The zero-order chi connectivity index (χ0) is 13.8. The van der Waals surface area contributed by atoms with E-state index in [0.29, 0.717) is 22.4 Å². The highest BCUT2D eigenvalue weighted by molar-refractivity contribution is 7.99. The Morgan fingerprint density at radius 1 is 1.58 bits per heavy atom. The maximum absolute atomic E-state index is 11.3. The van der Waals surface area contributed by atoms with Crippen LogP contribution in [0.4, 0.5) is 17.1 Å². The molecule has 5 nitrogen and oxygen atoms in total. The third-order valence-electron chi connectivity index (χ3n) is 3.05. The van der Waals surface area contributed by atoms with Gasteiger partial charge in [-0.05, 0) is 18.7 Å². The number of rotatable bonds is 5. The first-order chi connectivity index (χ1) is 9.10. The van der Waals surface area contributed by atoms with Crippen molar-refractivity contribution in [3.05, 3.63) is 12.1 Å². The van der Waals surface area contributed by atoms with E-state index in [1.807, 2.05) is 17.8 Å². The summed E-state index contributed by atoms with van der Waals surface area (Å²) in [7, 11) is 0. The summed E-state index contributed by atoms with van der Waals surface area (Å²) in [6.45, 7) is 3.08. The zero-order valence-corrected chi connectivity index (χ0v) is 12.0. The van der Waals surface area contributed by atoms with Gasteiger partial charge in [-0.1, -0.05) is 6.92 Å². The smallest absolute Gasteiger partial charge is 0.262 e. The number of amides is 1. The lowest BCUT2D eigenvalue weighted by atomic mass is 10.2. The number of benzene rings is 1. The van der Waals surface area contributed by atoms with Crippen molar-refractivity contribution in [2.45, 2.75) is 18.6 Å². The van der Waals surface area contributed by atoms with Crippen molar-refractivity contribution in [3.63, 3.8) is 0 Å². The van der Waals surface area contributed by atoms with Gasteiger partial charge in [-0.25, -0.2) is 0 Å². The average Bonchev–Trinajstić information content (AvgIpc) is 2.39. The van der Waals surface area contributed by atoms with Crippen molar-refractivity contribution in [1.29, 1.82) is 0 Å². The van der Waals surface area contributed by atoms with Crippen molar-refractivity contribution < 1.29 is 9.53 Å². The molecule has 1 heterocycles. The summed E-state index contributed by atoms with van der Waals surface area (Å²) >= 11 is 1.84. The van der Waals surface area contributed by atoms with Crippen molar-refractivity contribution in [3.8, 4) is 5.75 Å². The molecule has 1 amide bonds. The summed E-state index contributed by atoms with van der Waals surface area (Å²) in [4.78, 5) is 11.3. The molecule has 0 fully saturated rings. The first-order valence-corrected chi connectivity index (χ1v) is 7.51. The van der Waals surface area contributed by atoms with Gasteiger partial charge in [0.1, 0.15) is 5.75 Å². The maximum atomic E-state index is 11.3. The van der Waals surface area contributed by atoms with Crippen molar-refractivity contribution in [2.75, 3.05) is 35.8 Å². The summed E-state index contributed by atoms with van der Waals surface area (Å²) in [6, 6.07) is 3.57. The van der Waals surface area contributed by atoms with E-state index < -0.39 is 0 Å². The number of nitrogens with two attached hydrogens (primary N) is 1. The molecular formula is C13H19N3O2S. The number of fused-ring (bicyclic) bond motifs is 1. The number of thioether (sulfide) groups is 1. The molecular weight excluding hydrogens is 262 g/mol. The Balaban J connectivity index is 2.05. The van der Waals surface area contributed by atoms with Crippen LogP contribution in [0.1, 0.15) is 13.3 Å². The molecule has 1 aliphatic rings. The highest BCUT2D eigenvalue weighted by atomic mass is 32.2. The highest BCUT2D eigenvalue weighted by Crippen LogP contribution is 2.35. The second-order valence-corrected chi connectivity index (χ2v) is 5.81. The Kier molecular flexibility index (Phi) is 4.42. The number of ether oxygens (including phenoxy) is 1. The molecule has 0 bridgehead atoms. The van der Waals surface area contributed by atoms with Crippen LogP contribution in [0.15, 0.2) is 12.1 Å². The van der Waals surface area contributed by atoms with E-state index in [0.717, 1.165) is 18.7 Å². The van der Waals surface area contributed by atoms with Crippen LogP contribution in [0.2, 0.25) is 0 Å². The Morgan fingerprint density at radius 2 is 2.37 bits per heavy atom. The molecule has 1 atom stereocenters. The van der Waals surface area contributed by atoms with Crippen molar-refractivity contribution in [2.24, 2.45) is 0 Å². The van der Waals surface area contributed by atoms with Crippen LogP contribution in [0.25, 0.3) is 0 Å². The topological polar surface area (TPSA) is 76.4 Å². The van der Waals surface area contributed by atoms with E-state index in [1.54, 1.807) is 6.07 Å². The molecule has 2 rings (SSSR count). The minimum atomic E-state index is -0.140. The fourth-order valence-corrected chi connectivity index (χ4v) is 2.18. The summed E-state index contributed by atoms with van der Waals surface area (Å²) in [6.07, 6.45) is 3.16. The third-order valence-corrected chi connectivity index (χ3v) is 4.09. The second kappa shape index (κ2) is 6.06. The first kappa shape index (κ1) is 13.9. The van der Waals surface area contributed by atoms with Gasteiger partial charge < -0.3 is 21.1 Å². The number of anilines is 3. The van der Waals surface area contributed by atoms with Gasteiger partial charge in [0.05, 0.1) is 17.1 Å². The fourth-order valence-electron chi connectivity index (χ4n) is 1.82. The number of hydrogen-bond acceptors (Lipinski definition) is 5. The van der Waals surface area contributed by atoms with Crippen LogP contribution in [0.5, 0.6) is 5.75 Å². The molecule has 6 heteroatoms. The van der Waals surface area contributed by atoms with Gasteiger partial charge in [0.15, 0.2) is 6.61 Å². The van der Waals surface area contributed by atoms with E-state index in [2.05, 4.69) is 23.8 Å². The third kappa shape index (κ3) is 3.47. The minimum absolute atomic E-state index is 0.0461. The summed E-state index contributed by atoms with van der Waals surface area (Å²) in [5.74, 6) is 0.486. The van der Waals surface area contributed by atoms with Crippen molar-refractivity contribution in [1.82, 2.24) is 0 Å². The van der Waals surface area contributed by atoms with Crippen LogP contribution in [0.3, 0.4) is 0 Å². The zero-order valence-electron chi connectivity index (χ0n) is 11.2. The molecule has 104 valence electrons. The Bertz CT molecular complexity index is 479. The van der Waals surface area contributed by atoms with Crippen LogP contribution in [0, 0.1) is 0 Å². The van der Waals surface area contributed by atoms with Gasteiger partial charge in [0.2, 0.25) is 0 Å². The molecule has 0 aliphatic carbocycles. The van der Waals surface area contributed by atoms with Crippen LogP contribution < -0.4 is 21.1 Å². The fraction of sp³-hybridized carbons (Fsp3) is 0.462. The largest absolute Gasteiger partial charge is 0.482 e. The summed E-state index contributed by atoms with van der Waals surface area (Å²) in [5.41, 5.74) is 8.10. The van der Waals surface area contributed by atoms with Gasteiger partial charge in [0.25, 0.3) is 5.91 Å². The van der Waals surface area contributed by atoms with E-state index in [1.165, 1.54) is 0 Å². The number of nitrogens with one attached hydrogen (secondary N) is 2. The number of nitrogen functional groups attached to an aromatic ring is 1. The molecule has 0 saturated heterocycles. The summed E-state index contributed by atoms with van der Waals surface area (Å²) in [5, 5.41) is 6.68. The van der Waals surface area contributed by atoms with Gasteiger partial charge >= 0.3 is 0 Å². The van der Waals surface area contributed by atoms with Crippen LogP contribution in [-0.2, 0) is 4.79 Å². The number of hydrogen-bond donors (Lipinski definition) is 3. The predicted molar refractivity (Wildman–Crippen MR) is 81.1 cm³/mol. The SMILES string of the molecule is CSC(C)CCNc1cc2c(cc1N)OCC(=O)N2. The molecule has 1 unspecified atom stereocenters. The van der Waals surface area contributed by atoms with E-state index >= 15 is 0 Å². The molecule has 0 saturated carbocycles. The molecule has 1 aromatic carbocycles. The normalized spacial score (nSPS) is 15.2. The lowest BCUT2D eigenvalue weighted by molar-refractivity contribution is -0.118. The predicted octanol–water partition coefficient (Wildman–Crippen LogP) is 2.15. The van der Waals surface area contributed by atoms with Crippen LogP contribution >= 0.6 is 11.8 Å². The average molecular weight is 281 g/mol. The molecule has 4 N–H and O–H groups in total. The van der Waals surface area contributed by atoms with Crippen molar-refractivity contribution >= 4 is 34.7 Å². The highest BCUT2D eigenvalue weighted by Gasteiger charge is 2.17. The van der Waals surface area contributed by atoms with Gasteiger partial charge in [-0.2, -0.15) is 11.8 Å². The molecule has 0 spiro atoms. The molecule has 1 aliphatic heterocycles. The molecule has 19 heavy (non-hydrogen) atoms. The van der Waals surface area contributed by atoms with Gasteiger partial charge in [-0.3, -0.25) is 4.79 Å². The van der Waals surface area contributed by atoms with Crippen LogP contribution in [-0.4, -0.2) is 30.6 Å². The minimum Gasteiger partial charge on any atom is -0.482 e. The molecule has 0 radical (unpaired) electrons. The lowest BCUT2D eigenvalue weighted by Gasteiger charge is -2.20. The lowest BCUT2D eigenvalue weighted by Crippen LogP contribution is -2.25. The second-order valence-electron chi connectivity index (χ2n) is 4.53. The standard InChI is InChI=1S/C13H19N3O2S/c1-8(19-2)3-4-15-10-6-11-12(5-9(10)14)18-7-13(17)16-11/h5-6,8,15H,3-4,7,14H2,1-2H3,(H,16,17). The Labute approximate surface area is 117 Å². The Hall–Kier alpha value is -1.56. The van der Waals surface area contributed by atoms with E-state index in [-0.39, 0.29) is 12.5 Å². The molecule has 0 aromatic heterocycles. The summed E-state index contributed by atoms with van der Waals surface area (Å²) < 4.78 is 5.31. The Morgan fingerprint density at radius 3 is 3.11 bits per heavy atom. The quantitative estimate of drug-likeness (QED) is 0.721. The number of carbonyl (C=O) groups excluding carboxylic acids is 1. The maximum Gasteiger partial charge on any atom is 0.262 e. The van der Waals surface area contributed by atoms with Gasteiger partial charge in [-0.15, -0.1) is 0 Å². The monoisotopic (exact) mass is 281 g/mol. The molecule has 1 aromatic rings. The first-order valence-electron chi connectivity index (χ1n) is 6.23. The van der Waals surface area contributed by atoms with E-state index in [9.17, 15) is 4.79 Å². The van der Waals surface area contributed by atoms with Gasteiger partial charge in [0, 0.05) is 17.9 Å².